The number of nitrogens with zero attached hydrogens (tertiary/aromatic N) is 1. The molecule has 0 spiro atoms. The third kappa shape index (κ3) is 5.56. The van der Waals surface area contributed by atoms with Gasteiger partial charge in [-0.25, -0.2) is 4.79 Å². The van der Waals surface area contributed by atoms with Crippen molar-refractivity contribution in [2.24, 2.45) is 0 Å². The number of thioether (sulfide) groups is 1. The standard InChI is InChI=1S/C31H32N2O7S/c1-37-23-13-9-21(10-14-23)31(20-7-5-4-6-8-20,22-11-15-24(38-2)16-12-22)40-19-25-27(35)28(39-3)29(41-25)33-18-17-26(34)32-30(33)36/h4-18,25,27-29,35H,19H2,1-3H3,(H,32,34,36)/t25-,27-,28-,29-/m1/s1. The smallest absolute Gasteiger partial charge is 0.329 e. The van der Waals surface area contributed by atoms with Crippen LogP contribution in [0.4, 0.5) is 0 Å². The fraction of sp³-hybridized carbons (Fsp3) is 0.290. The average molecular weight is 577 g/mol. The number of nitrogens with one attached hydrogen (secondary N) is 1. The van der Waals surface area contributed by atoms with Crippen molar-refractivity contribution in [1.29, 1.82) is 0 Å². The van der Waals surface area contributed by atoms with Gasteiger partial charge in [-0.05, 0) is 41.0 Å². The molecule has 9 nitrogen and oxygen atoms in total. The normalized spacial score (nSPS) is 20.6. The van der Waals surface area contributed by atoms with E-state index in [1.54, 1.807) is 14.2 Å². The second kappa shape index (κ2) is 12.4. The molecular formula is C31H32N2O7S. The highest BCUT2D eigenvalue weighted by Crippen LogP contribution is 2.46. The molecule has 1 aromatic heterocycles. The molecule has 10 heteroatoms. The molecule has 0 amide bonds. The van der Waals surface area contributed by atoms with Crippen LogP contribution in [0.25, 0.3) is 0 Å². The zero-order valence-corrected chi connectivity index (χ0v) is 23.7. The Morgan fingerprint density at radius 2 is 1.39 bits per heavy atom. The van der Waals surface area contributed by atoms with E-state index in [1.165, 1.54) is 35.7 Å². The Kier molecular flexibility index (Phi) is 8.65. The molecule has 4 aromatic rings. The average Bonchev–Trinajstić information content (AvgIpc) is 3.33. The van der Waals surface area contributed by atoms with Gasteiger partial charge < -0.3 is 24.1 Å². The maximum absolute atomic E-state index is 12.6. The summed E-state index contributed by atoms with van der Waals surface area (Å²) in [5.74, 6) is 1.42. The monoisotopic (exact) mass is 576 g/mol. The number of aromatic amines is 1. The van der Waals surface area contributed by atoms with Crippen molar-refractivity contribution in [3.8, 4) is 11.5 Å². The van der Waals surface area contributed by atoms with Crippen LogP contribution in [0.3, 0.4) is 0 Å². The van der Waals surface area contributed by atoms with Crippen molar-refractivity contribution in [3.63, 3.8) is 0 Å². The number of rotatable bonds is 10. The summed E-state index contributed by atoms with van der Waals surface area (Å²) in [5, 5.41) is 10.3. The number of benzene rings is 3. The van der Waals surface area contributed by atoms with E-state index in [4.69, 9.17) is 18.9 Å². The van der Waals surface area contributed by atoms with Crippen molar-refractivity contribution < 1.29 is 24.1 Å². The molecule has 5 rings (SSSR count). The van der Waals surface area contributed by atoms with E-state index >= 15 is 0 Å². The van der Waals surface area contributed by atoms with E-state index in [9.17, 15) is 14.7 Å². The first-order chi connectivity index (χ1) is 19.9. The Bertz CT molecular complexity index is 1510. The summed E-state index contributed by atoms with van der Waals surface area (Å²) < 4.78 is 24.8. The molecule has 1 aliphatic rings. The van der Waals surface area contributed by atoms with Gasteiger partial charge in [0.25, 0.3) is 5.56 Å². The quantitative estimate of drug-likeness (QED) is 0.276. The first-order valence-electron chi connectivity index (χ1n) is 13.1. The molecule has 41 heavy (non-hydrogen) atoms. The van der Waals surface area contributed by atoms with E-state index in [0.29, 0.717) is 11.5 Å². The number of hydrogen-bond donors (Lipinski definition) is 2. The van der Waals surface area contributed by atoms with Crippen LogP contribution >= 0.6 is 11.8 Å². The molecule has 0 aliphatic carbocycles. The molecule has 0 bridgehead atoms. The lowest BCUT2D eigenvalue weighted by atomic mass is 9.80. The Morgan fingerprint density at radius 1 is 0.829 bits per heavy atom. The first-order valence-corrected chi connectivity index (χ1v) is 14.0. The van der Waals surface area contributed by atoms with Crippen LogP contribution in [-0.2, 0) is 15.1 Å². The molecule has 2 heterocycles. The molecule has 0 unspecified atom stereocenters. The maximum atomic E-state index is 12.6. The summed E-state index contributed by atoms with van der Waals surface area (Å²) in [6.07, 6.45) is -0.233. The van der Waals surface area contributed by atoms with E-state index in [-0.39, 0.29) is 6.61 Å². The molecule has 2 N–H and O–H groups in total. The highest BCUT2D eigenvalue weighted by atomic mass is 32.2. The molecule has 4 atom stereocenters. The van der Waals surface area contributed by atoms with Crippen LogP contribution in [0.1, 0.15) is 22.1 Å². The topological polar surface area (TPSA) is 112 Å². The lowest BCUT2D eigenvalue weighted by molar-refractivity contribution is -0.0414. The van der Waals surface area contributed by atoms with E-state index < -0.39 is 39.7 Å². The van der Waals surface area contributed by atoms with Crippen LogP contribution in [0, 0.1) is 0 Å². The largest absolute Gasteiger partial charge is 0.497 e. The minimum atomic E-state index is -1.06. The van der Waals surface area contributed by atoms with Gasteiger partial charge in [0.15, 0.2) is 0 Å². The van der Waals surface area contributed by atoms with Crippen LogP contribution in [-0.4, -0.2) is 60.1 Å². The maximum Gasteiger partial charge on any atom is 0.329 e. The Balaban J connectivity index is 1.57. The van der Waals surface area contributed by atoms with Gasteiger partial charge >= 0.3 is 5.69 Å². The van der Waals surface area contributed by atoms with Crippen molar-refractivity contribution >= 4 is 11.8 Å². The van der Waals surface area contributed by atoms with E-state index in [2.05, 4.69) is 4.98 Å². The second-order valence-electron chi connectivity index (χ2n) is 9.59. The van der Waals surface area contributed by atoms with Gasteiger partial charge in [0.1, 0.15) is 28.6 Å². The lowest BCUT2D eigenvalue weighted by Gasteiger charge is -2.37. The van der Waals surface area contributed by atoms with Gasteiger partial charge in [-0.2, -0.15) is 0 Å². The van der Waals surface area contributed by atoms with Gasteiger partial charge in [0.05, 0.1) is 32.2 Å². The van der Waals surface area contributed by atoms with Gasteiger partial charge in [-0.15, -0.1) is 11.8 Å². The molecule has 0 radical (unpaired) electrons. The van der Waals surface area contributed by atoms with Crippen LogP contribution in [0.5, 0.6) is 11.5 Å². The number of aromatic nitrogens is 2. The Morgan fingerprint density at radius 3 is 1.90 bits per heavy atom. The van der Waals surface area contributed by atoms with E-state index in [0.717, 1.165) is 16.7 Å². The molecule has 1 saturated heterocycles. The fourth-order valence-corrected chi connectivity index (χ4v) is 6.79. The number of methoxy groups -OCH3 is 3. The van der Waals surface area contributed by atoms with Gasteiger partial charge in [-0.3, -0.25) is 14.3 Å². The molecule has 214 valence electrons. The van der Waals surface area contributed by atoms with Crippen LogP contribution in [0.15, 0.2) is 101 Å². The molecule has 0 saturated carbocycles. The lowest BCUT2D eigenvalue weighted by Crippen LogP contribution is -2.40. The predicted molar refractivity (Wildman–Crippen MR) is 157 cm³/mol. The third-order valence-electron chi connectivity index (χ3n) is 7.35. The number of hydrogen-bond acceptors (Lipinski definition) is 8. The van der Waals surface area contributed by atoms with Gasteiger partial charge in [0.2, 0.25) is 0 Å². The van der Waals surface area contributed by atoms with Crippen LogP contribution < -0.4 is 20.7 Å². The first kappa shape index (κ1) is 28.7. The summed E-state index contributed by atoms with van der Waals surface area (Å²) in [4.78, 5) is 26.5. The fourth-order valence-electron chi connectivity index (χ4n) is 5.24. The van der Waals surface area contributed by atoms with E-state index in [1.807, 2.05) is 78.9 Å². The SMILES string of the molecule is COc1ccc(C(OC[C@H]2S[C@@H](n3ccc(=O)[nH]c3=O)[C@H](OC)[C@@H]2O)(c2ccccc2)c2ccc(OC)cc2)cc1. The zero-order valence-electron chi connectivity index (χ0n) is 22.9. The van der Waals surface area contributed by atoms with Crippen molar-refractivity contribution in [2.75, 3.05) is 27.9 Å². The second-order valence-corrected chi connectivity index (χ2v) is 10.9. The molecule has 1 fully saturated rings. The van der Waals surface area contributed by atoms with Crippen molar-refractivity contribution in [1.82, 2.24) is 9.55 Å². The predicted octanol–water partition coefficient (Wildman–Crippen LogP) is 3.55. The van der Waals surface area contributed by atoms with Crippen molar-refractivity contribution in [3.05, 3.63) is 129 Å². The summed E-state index contributed by atoms with van der Waals surface area (Å²) in [6, 6.07) is 26.6. The third-order valence-corrected chi connectivity index (χ3v) is 8.89. The zero-order chi connectivity index (χ0) is 29.0. The van der Waals surface area contributed by atoms with Crippen LogP contribution in [0.2, 0.25) is 0 Å². The molecular weight excluding hydrogens is 544 g/mol. The number of H-pyrrole nitrogens is 1. The summed E-state index contributed by atoms with van der Waals surface area (Å²) in [6.45, 7) is 0.118. The summed E-state index contributed by atoms with van der Waals surface area (Å²) in [5.41, 5.74) is 0.503. The Labute approximate surface area is 241 Å². The number of ether oxygens (including phenoxy) is 4. The molecule has 1 aliphatic heterocycles. The number of aliphatic hydroxyl groups excluding tert-OH is 1. The summed E-state index contributed by atoms with van der Waals surface area (Å²) in [7, 11) is 4.73. The number of aliphatic hydroxyl groups is 1. The highest BCUT2D eigenvalue weighted by Gasteiger charge is 2.47. The van der Waals surface area contributed by atoms with Gasteiger partial charge in [-0.1, -0.05) is 54.6 Å². The summed E-state index contributed by atoms with van der Waals surface area (Å²) >= 11 is 1.36. The van der Waals surface area contributed by atoms with Crippen molar-refractivity contribution in [2.45, 2.75) is 28.4 Å². The minimum Gasteiger partial charge on any atom is -0.497 e. The van der Waals surface area contributed by atoms with Gasteiger partial charge in [0, 0.05) is 19.4 Å². The Hall–Kier alpha value is -3.83. The molecule has 3 aromatic carbocycles. The highest BCUT2D eigenvalue weighted by molar-refractivity contribution is 8.00. The minimum absolute atomic E-state index is 0.118.